The molecule has 1 unspecified atom stereocenters. The van der Waals surface area contributed by atoms with E-state index in [1.165, 1.54) is 6.26 Å². The van der Waals surface area contributed by atoms with E-state index < -0.39 is 21.8 Å². The maximum atomic E-state index is 13.1. The molecule has 3 heterocycles. The van der Waals surface area contributed by atoms with Crippen LogP contribution in [0.5, 0.6) is 23.0 Å². The van der Waals surface area contributed by atoms with Gasteiger partial charge in [0.05, 0.1) is 18.6 Å². The van der Waals surface area contributed by atoms with E-state index in [-0.39, 0.29) is 23.1 Å². The number of ether oxygens (including phenoxy) is 3. The Morgan fingerprint density at radius 3 is 2.22 bits per heavy atom. The van der Waals surface area contributed by atoms with E-state index in [1.807, 2.05) is 66.7 Å². The number of hydrogen-bond acceptors (Lipinski definition) is 10. The van der Waals surface area contributed by atoms with E-state index in [9.17, 15) is 22.8 Å². The standard InChI is InChI=1S/C45H46N4O8S/c1-55-36-13-18-39-31(28-36)7-16-38(30-5-14-37(15-6-30)58(2,53)54)43(39)57-35-11-9-34(10-12-35)56-26-4-3-21-47-22-24-48(25-23-47)33-8-17-40-32(27-33)29-49(45(40)52)41-19-20-42(50)46-44(41)51/h5-18,27-28,41H,3-4,19-26,29H2,1-2H3,(H,46,50,51). The Morgan fingerprint density at radius 2 is 1.50 bits per heavy atom. The van der Waals surface area contributed by atoms with Crippen molar-refractivity contribution >= 4 is 44.0 Å². The fourth-order valence-corrected chi connectivity index (χ4v) is 8.59. The first-order valence-electron chi connectivity index (χ1n) is 19.6. The summed E-state index contributed by atoms with van der Waals surface area (Å²) in [5, 5.41) is 4.21. The average Bonchev–Trinajstić information content (AvgIpc) is 3.55. The van der Waals surface area contributed by atoms with Gasteiger partial charge in [-0.25, -0.2) is 8.42 Å². The average molecular weight is 803 g/mol. The summed E-state index contributed by atoms with van der Waals surface area (Å²) in [5.74, 6) is 1.97. The Hall–Kier alpha value is -5.92. The van der Waals surface area contributed by atoms with Gasteiger partial charge in [0.1, 0.15) is 29.0 Å². The smallest absolute Gasteiger partial charge is 0.255 e. The van der Waals surface area contributed by atoms with Crippen molar-refractivity contribution in [1.82, 2.24) is 15.1 Å². The summed E-state index contributed by atoms with van der Waals surface area (Å²) in [7, 11) is -1.69. The lowest BCUT2D eigenvalue weighted by molar-refractivity contribution is -0.136. The van der Waals surface area contributed by atoms with Crippen LogP contribution in [0, 0.1) is 0 Å². The number of rotatable bonds is 13. The summed E-state index contributed by atoms with van der Waals surface area (Å²) in [4.78, 5) is 43.8. The predicted octanol–water partition coefficient (Wildman–Crippen LogP) is 6.45. The minimum absolute atomic E-state index is 0.150. The number of methoxy groups -OCH3 is 1. The van der Waals surface area contributed by atoms with Crippen LogP contribution in [0.4, 0.5) is 5.69 Å². The highest BCUT2D eigenvalue weighted by atomic mass is 32.2. The maximum absolute atomic E-state index is 13.1. The molecule has 0 radical (unpaired) electrons. The highest BCUT2D eigenvalue weighted by molar-refractivity contribution is 7.90. The van der Waals surface area contributed by atoms with Crippen molar-refractivity contribution in [3.63, 3.8) is 0 Å². The highest BCUT2D eigenvalue weighted by Crippen LogP contribution is 2.41. The quantitative estimate of drug-likeness (QED) is 0.105. The number of carbonyl (C=O) groups excluding carboxylic acids is 3. The number of unbranched alkanes of at least 4 members (excludes halogenated alkanes) is 1. The molecule has 0 saturated carbocycles. The molecule has 0 aliphatic carbocycles. The van der Waals surface area contributed by atoms with E-state index in [4.69, 9.17) is 14.2 Å². The molecule has 3 aliphatic rings. The zero-order valence-corrected chi connectivity index (χ0v) is 33.4. The van der Waals surface area contributed by atoms with Crippen LogP contribution in [0.3, 0.4) is 0 Å². The van der Waals surface area contributed by atoms with Gasteiger partial charge in [-0.2, -0.15) is 0 Å². The van der Waals surface area contributed by atoms with Gasteiger partial charge in [-0.1, -0.05) is 18.2 Å². The fourth-order valence-electron chi connectivity index (χ4n) is 7.96. The van der Waals surface area contributed by atoms with Crippen LogP contribution in [-0.2, 0) is 26.0 Å². The molecule has 3 amide bonds. The number of sulfone groups is 1. The van der Waals surface area contributed by atoms with Crippen molar-refractivity contribution in [3.8, 4) is 34.1 Å². The monoisotopic (exact) mass is 802 g/mol. The van der Waals surface area contributed by atoms with Gasteiger partial charge < -0.3 is 24.0 Å². The molecule has 0 aromatic heterocycles. The van der Waals surface area contributed by atoms with E-state index >= 15 is 0 Å². The Morgan fingerprint density at radius 1 is 0.776 bits per heavy atom. The van der Waals surface area contributed by atoms with Gasteiger partial charge in [0.15, 0.2) is 9.84 Å². The molecule has 12 nitrogen and oxygen atoms in total. The van der Waals surface area contributed by atoms with Crippen LogP contribution in [0.25, 0.3) is 21.9 Å². The molecule has 2 saturated heterocycles. The number of imide groups is 1. The Kier molecular flexibility index (Phi) is 11.1. The zero-order chi connectivity index (χ0) is 40.4. The molecule has 5 aromatic carbocycles. The molecule has 58 heavy (non-hydrogen) atoms. The summed E-state index contributed by atoms with van der Waals surface area (Å²) in [5.41, 5.74) is 4.31. The number of nitrogens with one attached hydrogen (secondary N) is 1. The van der Waals surface area contributed by atoms with Gasteiger partial charge >= 0.3 is 0 Å². The van der Waals surface area contributed by atoms with Gasteiger partial charge in [0.2, 0.25) is 11.8 Å². The second kappa shape index (κ2) is 16.5. The number of benzene rings is 5. The molecular weight excluding hydrogens is 757 g/mol. The van der Waals surface area contributed by atoms with Crippen LogP contribution >= 0.6 is 0 Å². The van der Waals surface area contributed by atoms with E-state index in [0.29, 0.717) is 36.6 Å². The van der Waals surface area contributed by atoms with Crippen molar-refractivity contribution in [2.45, 2.75) is 43.2 Å². The molecule has 3 aliphatic heterocycles. The highest BCUT2D eigenvalue weighted by Gasteiger charge is 2.39. The Bertz CT molecular complexity index is 2460. The van der Waals surface area contributed by atoms with Gasteiger partial charge in [-0.15, -0.1) is 0 Å². The van der Waals surface area contributed by atoms with Crippen LogP contribution < -0.4 is 24.4 Å². The van der Waals surface area contributed by atoms with Crippen LogP contribution in [0.1, 0.15) is 41.6 Å². The van der Waals surface area contributed by atoms with Crippen LogP contribution in [0.2, 0.25) is 0 Å². The van der Waals surface area contributed by atoms with E-state index in [0.717, 1.165) is 90.2 Å². The third-order valence-corrected chi connectivity index (χ3v) is 12.3. The number of hydrogen-bond donors (Lipinski definition) is 1. The molecule has 0 bridgehead atoms. The van der Waals surface area contributed by atoms with Gasteiger partial charge in [0.25, 0.3) is 5.91 Å². The van der Waals surface area contributed by atoms with Crippen molar-refractivity contribution < 1.29 is 37.0 Å². The molecule has 300 valence electrons. The maximum Gasteiger partial charge on any atom is 0.255 e. The number of nitrogens with zero attached hydrogens (tertiary/aromatic N) is 3. The minimum atomic E-state index is -3.32. The molecule has 13 heteroatoms. The number of carbonyl (C=O) groups is 3. The first kappa shape index (κ1) is 38.9. The first-order chi connectivity index (χ1) is 28.0. The van der Waals surface area contributed by atoms with Crippen molar-refractivity contribution in [3.05, 3.63) is 108 Å². The Balaban J connectivity index is 0.813. The van der Waals surface area contributed by atoms with Crippen molar-refractivity contribution in [1.29, 1.82) is 0 Å². The van der Waals surface area contributed by atoms with Crippen molar-refractivity contribution in [2.75, 3.05) is 57.6 Å². The van der Waals surface area contributed by atoms with Crippen LogP contribution in [-0.4, -0.2) is 94.7 Å². The second-order valence-corrected chi connectivity index (χ2v) is 17.0. The largest absolute Gasteiger partial charge is 0.497 e. The molecule has 1 N–H and O–H groups in total. The zero-order valence-electron chi connectivity index (χ0n) is 32.6. The summed E-state index contributed by atoms with van der Waals surface area (Å²) in [6.07, 6.45) is 3.73. The summed E-state index contributed by atoms with van der Waals surface area (Å²) >= 11 is 0. The molecular formula is C45H46N4O8S. The lowest BCUT2D eigenvalue weighted by Gasteiger charge is -2.36. The van der Waals surface area contributed by atoms with Crippen molar-refractivity contribution in [2.24, 2.45) is 0 Å². The second-order valence-electron chi connectivity index (χ2n) is 15.0. The lowest BCUT2D eigenvalue weighted by atomic mass is 9.99. The number of anilines is 1. The number of amides is 3. The summed E-state index contributed by atoms with van der Waals surface area (Å²) in [6.45, 7) is 5.63. The summed E-state index contributed by atoms with van der Waals surface area (Å²) < 4.78 is 42.2. The van der Waals surface area contributed by atoms with E-state index in [1.54, 1.807) is 36.3 Å². The lowest BCUT2D eigenvalue weighted by Crippen LogP contribution is -2.52. The van der Waals surface area contributed by atoms with Gasteiger partial charge in [-0.3, -0.25) is 24.6 Å². The third-order valence-electron chi connectivity index (χ3n) is 11.2. The molecule has 8 rings (SSSR count). The number of fused-ring (bicyclic) bond motifs is 2. The predicted molar refractivity (Wildman–Crippen MR) is 221 cm³/mol. The number of piperazine rings is 1. The number of piperidine rings is 1. The normalized spacial score (nSPS) is 17.3. The molecule has 1 atom stereocenters. The molecule has 0 spiro atoms. The minimum Gasteiger partial charge on any atom is -0.497 e. The van der Waals surface area contributed by atoms with Gasteiger partial charge in [0, 0.05) is 67.6 Å². The molecule has 5 aromatic rings. The fraction of sp³-hybridized carbons (Fsp3) is 0.311. The van der Waals surface area contributed by atoms with E-state index in [2.05, 4.69) is 21.2 Å². The SMILES string of the molecule is COc1ccc2c(Oc3ccc(OCCCCN4CCN(c5ccc6c(c5)CN(C5CCC(=O)NC5=O)C6=O)CC4)cc3)c(-c3ccc(S(C)(=O)=O)cc3)ccc2c1. The van der Waals surface area contributed by atoms with Crippen LogP contribution in [0.15, 0.2) is 102 Å². The molecule has 2 fully saturated rings. The first-order valence-corrected chi connectivity index (χ1v) is 21.5. The third kappa shape index (κ3) is 8.37. The summed E-state index contributed by atoms with van der Waals surface area (Å²) in [6, 6.07) is 29.6. The topological polar surface area (TPSA) is 135 Å². The Labute approximate surface area is 338 Å². The van der Waals surface area contributed by atoms with Gasteiger partial charge in [-0.05, 0) is 121 Å².